The minimum absolute atomic E-state index is 0.527. The van der Waals surface area contributed by atoms with Crippen molar-refractivity contribution in [2.24, 2.45) is 0 Å². The van der Waals surface area contributed by atoms with Gasteiger partial charge < -0.3 is 9.73 Å². The largest absolute Gasteiger partial charge is 0.456 e. The molecule has 0 amide bonds. The van der Waals surface area contributed by atoms with Crippen LogP contribution in [-0.4, -0.2) is 0 Å². The number of fused-ring (bicyclic) bond motifs is 3. The summed E-state index contributed by atoms with van der Waals surface area (Å²) in [6.07, 6.45) is 5.38. The van der Waals surface area contributed by atoms with Crippen LogP contribution in [0.25, 0.3) is 17.0 Å². The Labute approximate surface area is 124 Å². The normalized spacial score (nSPS) is 16.9. The third-order valence-corrected chi connectivity index (χ3v) is 4.07. The number of hydrogen-bond donors (Lipinski definition) is 1. The van der Waals surface area contributed by atoms with Crippen LogP contribution in [0.1, 0.15) is 30.6 Å². The number of benzene rings is 2. The van der Waals surface area contributed by atoms with E-state index >= 15 is 0 Å². The van der Waals surface area contributed by atoms with Crippen molar-refractivity contribution in [2.45, 2.75) is 19.3 Å². The van der Waals surface area contributed by atoms with Crippen molar-refractivity contribution in [1.29, 1.82) is 0 Å². The first-order valence-electron chi connectivity index (χ1n) is 7.36. The molecule has 0 spiro atoms. The zero-order chi connectivity index (χ0) is 14.2. The van der Waals surface area contributed by atoms with E-state index < -0.39 is 0 Å². The summed E-state index contributed by atoms with van der Waals surface area (Å²) in [6, 6.07) is 16.6. The van der Waals surface area contributed by atoms with Gasteiger partial charge in [-0.2, -0.15) is 0 Å². The summed E-state index contributed by atoms with van der Waals surface area (Å²) in [5, 5.41) is 4.65. The van der Waals surface area contributed by atoms with Crippen LogP contribution in [-0.2, 0) is 0 Å². The van der Waals surface area contributed by atoms with Crippen LogP contribution in [0.3, 0.4) is 0 Å². The molecule has 0 aliphatic heterocycles. The van der Waals surface area contributed by atoms with Gasteiger partial charge in [-0.15, -0.1) is 0 Å². The van der Waals surface area contributed by atoms with Crippen molar-refractivity contribution in [2.75, 3.05) is 5.32 Å². The zero-order valence-corrected chi connectivity index (χ0v) is 12.0. The van der Waals surface area contributed by atoms with Gasteiger partial charge in [0.2, 0.25) is 0 Å². The first kappa shape index (κ1) is 12.3. The van der Waals surface area contributed by atoms with Crippen molar-refractivity contribution >= 4 is 28.4 Å². The average molecular weight is 275 g/mol. The first-order chi connectivity index (χ1) is 10.3. The fourth-order valence-corrected chi connectivity index (χ4v) is 3.03. The summed E-state index contributed by atoms with van der Waals surface area (Å²) >= 11 is 0. The number of rotatable bonds is 2. The molecule has 2 nitrogen and oxygen atoms in total. The van der Waals surface area contributed by atoms with Gasteiger partial charge in [-0.25, -0.2) is 0 Å². The molecule has 1 unspecified atom stereocenters. The fourth-order valence-electron chi connectivity index (χ4n) is 3.03. The molecule has 0 bridgehead atoms. The van der Waals surface area contributed by atoms with Crippen molar-refractivity contribution in [3.8, 4) is 0 Å². The lowest BCUT2D eigenvalue weighted by atomic mass is 9.91. The number of allylic oxidation sites excluding steroid dienone is 1. The van der Waals surface area contributed by atoms with Gasteiger partial charge in [0.15, 0.2) is 0 Å². The monoisotopic (exact) mass is 275 g/mol. The van der Waals surface area contributed by atoms with E-state index in [9.17, 15) is 0 Å². The summed E-state index contributed by atoms with van der Waals surface area (Å²) in [5.41, 5.74) is 4.44. The van der Waals surface area contributed by atoms with Gasteiger partial charge in [0.25, 0.3) is 0 Å². The van der Waals surface area contributed by atoms with Crippen LogP contribution in [0.2, 0.25) is 0 Å². The molecule has 1 aromatic heterocycles. The molecule has 1 atom stereocenters. The highest BCUT2D eigenvalue weighted by molar-refractivity contribution is 5.89. The Hall–Kier alpha value is -2.48. The highest BCUT2D eigenvalue weighted by Gasteiger charge is 2.20. The minimum atomic E-state index is 0.527. The quantitative estimate of drug-likeness (QED) is 0.649. The molecule has 0 saturated carbocycles. The maximum Gasteiger partial charge on any atom is 0.137 e. The number of furan rings is 1. The Bertz CT molecular complexity index is 814. The maximum atomic E-state index is 6.01. The van der Waals surface area contributed by atoms with Gasteiger partial charge in [-0.3, -0.25) is 0 Å². The third kappa shape index (κ3) is 2.13. The number of anilines is 2. The van der Waals surface area contributed by atoms with Crippen molar-refractivity contribution in [1.82, 2.24) is 0 Å². The Morgan fingerprint density at radius 2 is 1.90 bits per heavy atom. The second-order valence-electron chi connectivity index (χ2n) is 5.62. The predicted molar refractivity (Wildman–Crippen MR) is 88.0 cm³/mol. The molecule has 21 heavy (non-hydrogen) atoms. The molecule has 0 fully saturated rings. The summed E-state index contributed by atoms with van der Waals surface area (Å²) in [6.45, 7) is 2.26. The molecule has 1 aliphatic rings. The van der Waals surface area contributed by atoms with Crippen LogP contribution < -0.4 is 5.32 Å². The smallest absolute Gasteiger partial charge is 0.137 e. The Kier molecular flexibility index (Phi) is 2.81. The van der Waals surface area contributed by atoms with Crippen molar-refractivity contribution < 1.29 is 4.42 Å². The SMILES string of the molecule is CC1CC=Cc2oc3cc(Nc4ccccc4)ccc3c21. The molecule has 2 heteroatoms. The molecule has 4 rings (SSSR count). The first-order valence-corrected chi connectivity index (χ1v) is 7.36. The number of para-hydroxylation sites is 1. The number of hydrogen-bond acceptors (Lipinski definition) is 2. The highest BCUT2D eigenvalue weighted by Crippen LogP contribution is 2.38. The topological polar surface area (TPSA) is 25.2 Å². The predicted octanol–water partition coefficient (Wildman–Crippen LogP) is 5.70. The fraction of sp³-hybridized carbons (Fsp3) is 0.158. The lowest BCUT2D eigenvalue weighted by molar-refractivity contribution is 0.586. The highest BCUT2D eigenvalue weighted by atomic mass is 16.3. The van der Waals surface area contributed by atoms with E-state index in [1.54, 1.807) is 0 Å². The van der Waals surface area contributed by atoms with Gasteiger partial charge >= 0.3 is 0 Å². The second kappa shape index (κ2) is 4.81. The molecule has 0 radical (unpaired) electrons. The molecule has 1 N–H and O–H groups in total. The number of nitrogens with one attached hydrogen (secondary N) is 1. The molecule has 2 aromatic carbocycles. The lowest BCUT2D eigenvalue weighted by Gasteiger charge is -2.12. The van der Waals surface area contributed by atoms with Gasteiger partial charge in [-0.1, -0.05) is 31.2 Å². The maximum absolute atomic E-state index is 6.01. The second-order valence-corrected chi connectivity index (χ2v) is 5.62. The van der Waals surface area contributed by atoms with E-state index in [0.717, 1.165) is 29.1 Å². The molecular weight excluding hydrogens is 258 g/mol. The Balaban J connectivity index is 1.76. The van der Waals surface area contributed by atoms with E-state index in [4.69, 9.17) is 4.42 Å². The summed E-state index contributed by atoms with van der Waals surface area (Å²) < 4.78 is 6.01. The van der Waals surface area contributed by atoms with Gasteiger partial charge in [0.05, 0.1) is 0 Å². The molecule has 3 aromatic rings. The van der Waals surface area contributed by atoms with Crippen molar-refractivity contribution in [3.05, 3.63) is 65.9 Å². The summed E-state index contributed by atoms with van der Waals surface area (Å²) in [4.78, 5) is 0. The molecule has 104 valence electrons. The van der Waals surface area contributed by atoms with Crippen LogP contribution in [0.15, 0.2) is 59.0 Å². The van der Waals surface area contributed by atoms with Gasteiger partial charge in [0, 0.05) is 28.4 Å². The summed E-state index contributed by atoms with van der Waals surface area (Å²) in [5.74, 6) is 1.54. The molecule has 0 saturated heterocycles. The summed E-state index contributed by atoms with van der Waals surface area (Å²) in [7, 11) is 0. The third-order valence-electron chi connectivity index (χ3n) is 4.07. The van der Waals surface area contributed by atoms with Crippen LogP contribution in [0.4, 0.5) is 11.4 Å². The molecular formula is C19H17NO. The van der Waals surface area contributed by atoms with E-state index in [-0.39, 0.29) is 0 Å². The minimum Gasteiger partial charge on any atom is -0.456 e. The van der Waals surface area contributed by atoms with Gasteiger partial charge in [-0.05, 0) is 42.7 Å². The van der Waals surface area contributed by atoms with Gasteiger partial charge in [0.1, 0.15) is 11.3 Å². The van der Waals surface area contributed by atoms with E-state index in [2.05, 4.69) is 54.7 Å². The zero-order valence-electron chi connectivity index (χ0n) is 12.0. The van der Waals surface area contributed by atoms with E-state index in [1.807, 2.05) is 18.2 Å². The lowest BCUT2D eigenvalue weighted by Crippen LogP contribution is -1.96. The molecule has 1 aliphatic carbocycles. The van der Waals surface area contributed by atoms with Crippen molar-refractivity contribution in [3.63, 3.8) is 0 Å². The van der Waals surface area contributed by atoms with Crippen LogP contribution >= 0.6 is 0 Å². The average Bonchev–Trinajstić information content (AvgIpc) is 2.87. The Morgan fingerprint density at radius 1 is 1.05 bits per heavy atom. The Morgan fingerprint density at radius 3 is 2.76 bits per heavy atom. The van der Waals surface area contributed by atoms with E-state index in [1.165, 1.54) is 10.9 Å². The van der Waals surface area contributed by atoms with Crippen LogP contribution in [0.5, 0.6) is 0 Å². The van der Waals surface area contributed by atoms with E-state index in [0.29, 0.717) is 5.92 Å². The van der Waals surface area contributed by atoms with Crippen LogP contribution in [0, 0.1) is 0 Å². The standard InChI is InChI=1S/C19H17NO/c1-13-6-5-9-17-19(13)16-11-10-15(12-18(16)21-17)20-14-7-3-2-4-8-14/h2-5,7-13,20H,6H2,1H3. The molecule has 1 heterocycles.